The maximum atomic E-state index is 11.5. The minimum absolute atomic E-state index is 0.0994. The van der Waals surface area contributed by atoms with Crippen LogP contribution in [0.2, 0.25) is 0 Å². The largest absolute Gasteiger partial charge is 0.480 e. The lowest BCUT2D eigenvalue weighted by Gasteiger charge is -2.17. The number of hydrogen-bond donors (Lipinski definition) is 3. The van der Waals surface area contributed by atoms with Gasteiger partial charge in [0.05, 0.1) is 13.2 Å². The lowest BCUT2D eigenvalue weighted by atomic mass is 10.0. The van der Waals surface area contributed by atoms with Gasteiger partial charge in [0.25, 0.3) is 10.2 Å². The van der Waals surface area contributed by atoms with E-state index in [1.54, 1.807) is 0 Å². The van der Waals surface area contributed by atoms with E-state index in [1.807, 2.05) is 22.9 Å². The number of benzene rings is 1. The maximum Gasteiger partial charge on any atom is 0.318 e. The molecule has 1 aromatic carbocycles. The van der Waals surface area contributed by atoms with Crippen molar-refractivity contribution in [3.05, 3.63) is 34.9 Å². The third kappa shape index (κ3) is 4.27. The fourth-order valence-corrected chi connectivity index (χ4v) is 2.69. The van der Waals surface area contributed by atoms with E-state index in [0.29, 0.717) is 13.2 Å². The molecule has 0 saturated heterocycles. The first-order valence-corrected chi connectivity index (χ1v) is 7.59. The van der Waals surface area contributed by atoms with Crippen LogP contribution in [-0.4, -0.2) is 32.6 Å². The normalized spacial score (nSPS) is 14.8. The Hall–Kier alpha value is -1.48. The standard InChI is InChI=1S/C12H16N2O5S/c15-12(16)7-14-20(17,18)13-6-9-1-2-10-3-4-19-8-11(10)5-9/h1-2,5,13-14H,3-4,6-8H2,(H,15,16). The zero-order chi connectivity index (χ0) is 14.6. The Bertz CT molecular complexity index is 600. The Morgan fingerprint density at radius 3 is 2.85 bits per heavy atom. The first kappa shape index (κ1) is 14.9. The van der Waals surface area contributed by atoms with Gasteiger partial charge in [0.15, 0.2) is 0 Å². The number of carbonyl (C=O) groups is 1. The Kier molecular flexibility index (Phi) is 4.71. The fourth-order valence-electron chi connectivity index (χ4n) is 1.92. The second-order valence-electron chi connectivity index (χ2n) is 4.45. The molecule has 20 heavy (non-hydrogen) atoms. The van der Waals surface area contributed by atoms with Crippen LogP contribution < -0.4 is 9.44 Å². The highest BCUT2D eigenvalue weighted by Gasteiger charge is 2.13. The van der Waals surface area contributed by atoms with E-state index in [9.17, 15) is 13.2 Å². The van der Waals surface area contributed by atoms with Gasteiger partial charge >= 0.3 is 5.97 Å². The van der Waals surface area contributed by atoms with Crippen LogP contribution in [0, 0.1) is 0 Å². The van der Waals surface area contributed by atoms with Crippen molar-refractivity contribution in [2.75, 3.05) is 13.2 Å². The summed E-state index contributed by atoms with van der Waals surface area (Å²) in [6.07, 6.45) is 0.863. The fraction of sp³-hybridized carbons (Fsp3) is 0.417. The van der Waals surface area contributed by atoms with Crippen molar-refractivity contribution < 1.29 is 23.1 Å². The lowest BCUT2D eigenvalue weighted by molar-refractivity contribution is -0.135. The summed E-state index contributed by atoms with van der Waals surface area (Å²) in [5.41, 5.74) is 3.08. The molecule has 1 heterocycles. The molecule has 0 saturated carbocycles. The summed E-state index contributed by atoms with van der Waals surface area (Å²) in [7, 11) is -3.81. The second kappa shape index (κ2) is 6.31. The molecule has 0 unspecified atom stereocenters. The Morgan fingerprint density at radius 2 is 2.10 bits per heavy atom. The van der Waals surface area contributed by atoms with Crippen LogP contribution in [0.1, 0.15) is 16.7 Å². The van der Waals surface area contributed by atoms with Crippen LogP contribution in [0.25, 0.3) is 0 Å². The van der Waals surface area contributed by atoms with Gasteiger partial charge in [0, 0.05) is 6.54 Å². The number of aliphatic carboxylic acids is 1. The summed E-state index contributed by atoms with van der Waals surface area (Å²) in [6.45, 7) is 0.695. The van der Waals surface area contributed by atoms with Gasteiger partial charge in [-0.1, -0.05) is 18.2 Å². The number of fused-ring (bicyclic) bond motifs is 1. The molecule has 7 nitrogen and oxygen atoms in total. The molecule has 110 valence electrons. The molecule has 3 N–H and O–H groups in total. The van der Waals surface area contributed by atoms with E-state index < -0.39 is 22.7 Å². The van der Waals surface area contributed by atoms with Gasteiger partial charge in [-0.05, 0) is 23.1 Å². The zero-order valence-electron chi connectivity index (χ0n) is 10.8. The SMILES string of the molecule is O=C(O)CNS(=O)(=O)NCc1ccc2c(c1)COCC2. The van der Waals surface area contributed by atoms with Gasteiger partial charge in [-0.25, -0.2) is 0 Å². The van der Waals surface area contributed by atoms with E-state index >= 15 is 0 Å². The van der Waals surface area contributed by atoms with Crippen LogP contribution in [0.3, 0.4) is 0 Å². The summed E-state index contributed by atoms with van der Waals surface area (Å²) in [4.78, 5) is 10.3. The number of hydrogen-bond acceptors (Lipinski definition) is 4. The van der Waals surface area contributed by atoms with E-state index in [4.69, 9.17) is 9.84 Å². The minimum atomic E-state index is -3.81. The molecule has 0 atom stereocenters. The van der Waals surface area contributed by atoms with E-state index in [2.05, 4.69) is 4.72 Å². The van der Waals surface area contributed by atoms with Crippen molar-refractivity contribution in [1.29, 1.82) is 0 Å². The highest BCUT2D eigenvalue weighted by molar-refractivity contribution is 7.87. The van der Waals surface area contributed by atoms with Gasteiger partial charge in [-0.3, -0.25) is 4.79 Å². The summed E-state index contributed by atoms with van der Waals surface area (Å²) in [6, 6.07) is 5.71. The lowest BCUT2D eigenvalue weighted by Crippen LogP contribution is -2.38. The molecule has 8 heteroatoms. The first-order chi connectivity index (χ1) is 9.46. The predicted molar refractivity (Wildman–Crippen MR) is 71.2 cm³/mol. The third-order valence-electron chi connectivity index (χ3n) is 2.92. The van der Waals surface area contributed by atoms with Crippen LogP contribution >= 0.6 is 0 Å². The topological polar surface area (TPSA) is 105 Å². The smallest absolute Gasteiger partial charge is 0.318 e. The average Bonchev–Trinajstić information content (AvgIpc) is 2.43. The molecule has 0 spiro atoms. The van der Waals surface area contributed by atoms with E-state index in [1.165, 1.54) is 5.56 Å². The van der Waals surface area contributed by atoms with Gasteiger partial charge in [0.1, 0.15) is 6.54 Å². The van der Waals surface area contributed by atoms with Gasteiger partial charge in [0.2, 0.25) is 0 Å². The predicted octanol–water partition coefficient (Wildman–Crippen LogP) is -0.232. The molecule has 0 bridgehead atoms. The number of ether oxygens (including phenoxy) is 1. The highest BCUT2D eigenvalue weighted by Crippen LogP contribution is 2.18. The summed E-state index contributed by atoms with van der Waals surface area (Å²) < 4.78 is 32.5. The van der Waals surface area contributed by atoms with Gasteiger partial charge in [-0.15, -0.1) is 0 Å². The molecular weight excluding hydrogens is 284 g/mol. The summed E-state index contributed by atoms with van der Waals surface area (Å²) in [5, 5.41) is 8.43. The summed E-state index contributed by atoms with van der Waals surface area (Å²) in [5.74, 6) is -1.23. The van der Waals surface area contributed by atoms with E-state index in [-0.39, 0.29) is 6.54 Å². The van der Waals surface area contributed by atoms with Crippen molar-refractivity contribution in [2.24, 2.45) is 0 Å². The van der Waals surface area contributed by atoms with Gasteiger partial charge < -0.3 is 9.84 Å². The van der Waals surface area contributed by atoms with Crippen molar-refractivity contribution in [3.63, 3.8) is 0 Å². The van der Waals surface area contributed by atoms with Crippen LogP contribution in [0.4, 0.5) is 0 Å². The van der Waals surface area contributed by atoms with E-state index in [0.717, 1.165) is 17.5 Å². The minimum Gasteiger partial charge on any atom is -0.480 e. The highest BCUT2D eigenvalue weighted by atomic mass is 32.2. The number of carboxylic acid groups (broad SMARTS) is 1. The molecule has 0 radical (unpaired) electrons. The Balaban J connectivity index is 1.95. The molecule has 0 aliphatic carbocycles. The molecule has 1 aliphatic rings. The van der Waals surface area contributed by atoms with Crippen molar-refractivity contribution in [1.82, 2.24) is 9.44 Å². The molecule has 0 fully saturated rings. The average molecular weight is 300 g/mol. The molecule has 1 aliphatic heterocycles. The summed E-state index contributed by atoms with van der Waals surface area (Å²) >= 11 is 0. The molecule has 2 rings (SSSR count). The number of rotatable bonds is 6. The van der Waals surface area contributed by atoms with Crippen LogP contribution in [0.5, 0.6) is 0 Å². The molecule has 1 aromatic rings. The quantitative estimate of drug-likeness (QED) is 0.673. The molecule has 0 amide bonds. The monoisotopic (exact) mass is 300 g/mol. The Labute approximate surface area is 117 Å². The molecule has 0 aromatic heterocycles. The van der Waals surface area contributed by atoms with Crippen LogP contribution in [0.15, 0.2) is 18.2 Å². The van der Waals surface area contributed by atoms with Crippen molar-refractivity contribution >= 4 is 16.2 Å². The number of nitrogens with one attached hydrogen (secondary N) is 2. The van der Waals surface area contributed by atoms with Crippen molar-refractivity contribution in [3.8, 4) is 0 Å². The molecular formula is C12H16N2O5S. The van der Waals surface area contributed by atoms with Crippen molar-refractivity contribution in [2.45, 2.75) is 19.6 Å². The zero-order valence-corrected chi connectivity index (χ0v) is 11.6. The number of carboxylic acids is 1. The Morgan fingerprint density at radius 1 is 1.30 bits per heavy atom. The third-order valence-corrected chi connectivity index (χ3v) is 3.97. The second-order valence-corrected chi connectivity index (χ2v) is 6.03. The maximum absolute atomic E-state index is 11.5. The first-order valence-electron chi connectivity index (χ1n) is 6.11. The van der Waals surface area contributed by atoms with Gasteiger partial charge in [-0.2, -0.15) is 17.9 Å². The van der Waals surface area contributed by atoms with Crippen LogP contribution in [-0.2, 0) is 39.3 Å².